The second-order valence-electron chi connectivity index (χ2n) is 4.87. The van der Waals surface area contributed by atoms with Crippen molar-refractivity contribution in [1.29, 1.82) is 0 Å². The van der Waals surface area contributed by atoms with Crippen molar-refractivity contribution < 1.29 is 0 Å². The van der Waals surface area contributed by atoms with Crippen LogP contribution in [0.25, 0.3) is 11.0 Å². The van der Waals surface area contributed by atoms with Gasteiger partial charge in [-0.2, -0.15) is 0 Å². The Bertz CT molecular complexity index is 768. The fourth-order valence-electron chi connectivity index (χ4n) is 2.45. The number of hydrogen-bond acceptors (Lipinski definition) is 4. The minimum absolute atomic E-state index is 0.186. The molecule has 108 valence electrons. The molecule has 3 N–H and O–H groups in total. The van der Waals surface area contributed by atoms with Crippen LogP contribution in [-0.2, 0) is 13.5 Å². The number of pyridine rings is 1. The summed E-state index contributed by atoms with van der Waals surface area (Å²) in [6.07, 6.45) is 2.32. The van der Waals surface area contributed by atoms with Crippen molar-refractivity contribution in [3.63, 3.8) is 0 Å². The van der Waals surface area contributed by atoms with Crippen LogP contribution in [0.5, 0.6) is 0 Å². The largest absolute Gasteiger partial charge is 0.331 e. The molecule has 0 saturated heterocycles. The third-order valence-corrected chi connectivity index (χ3v) is 3.90. The van der Waals surface area contributed by atoms with Gasteiger partial charge in [0.25, 0.3) is 0 Å². The maximum absolute atomic E-state index is 6.20. The molecule has 0 saturated carbocycles. The van der Waals surface area contributed by atoms with Crippen molar-refractivity contribution in [2.45, 2.75) is 12.5 Å². The molecule has 0 spiro atoms. The van der Waals surface area contributed by atoms with Crippen LogP contribution in [0, 0.1) is 0 Å². The number of aryl methyl sites for hydroxylation is 1. The Morgan fingerprint density at radius 1 is 1.29 bits per heavy atom. The molecule has 0 bridgehead atoms. The van der Waals surface area contributed by atoms with Gasteiger partial charge in [0.2, 0.25) is 0 Å². The van der Waals surface area contributed by atoms with Gasteiger partial charge in [0.15, 0.2) is 0 Å². The second-order valence-corrected chi connectivity index (χ2v) is 5.28. The van der Waals surface area contributed by atoms with E-state index >= 15 is 0 Å². The zero-order valence-corrected chi connectivity index (χ0v) is 12.4. The van der Waals surface area contributed by atoms with Crippen molar-refractivity contribution in [3.8, 4) is 0 Å². The van der Waals surface area contributed by atoms with Gasteiger partial charge in [-0.15, -0.1) is 0 Å². The lowest BCUT2D eigenvalue weighted by atomic mass is 10.1. The van der Waals surface area contributed by atoms with E-state index in [0.29, 0.717) is 11.4 Å². The Labute approximate surface area is 127 Å². The van der Waals surface area contributed by atoms with Gasteiger partial charge in [-0.1, -0.05) is 23.7 Å². The van der Waals surface area contributed by atoms with Crippen LogP contribution in [0.4, 0.5) is 0 Å². The van der Waals surface area contributed by atoms with Crippen LogP contribution in [0.1, 0.15) is 17.6 Å². The van der Waals surface area contributed by atoms with Crippen LogP contribution in [-0.4, -0.2) is 14.5 Å². The highest BCUT2D eigenvalue weighted by atomic mass is 35.5. The third kappa shape index (κ3) is 2.63. The lowest BCUT2D eigenvalue weighted by Gasteiger charge is -2.16. The molecule has 0 aliphatic heterocycles. The van der Waals surface area contributed by atoms with Crippen molar-refractivity contribution in [2.24, 2.45) is 12.9 Å². The monoisotopic (exact) mass is 301 g/mol. The van der Waals surface area contributed by atoms with Crippen LogP contribution in [0.2, 0.25) is 5.02 Å². The number of hydrazine groups is 1. The quantitative estimate of drug-likeness (QED) is 0.573. The number of nitrogens with two attached hydrogens (primary N) is 1. The number of imidazole rings is 1. The maximum Gasteiger partial charge on any atom is 0.111 e. The normalized spacial score (nSPS) is 12.7. The smallest absolute Gasteiger partial charge is 0.111 e. The molecule has 21 heavy (non-hydrogen) atoms. The van der Waals surface area contributed by atoms with Gasteiger partial charge >= 0.3 is 0 Å². The number of fused-ring (bicyclic) bond motifs is 1. The van der Waals surface area contributed by atoms with Crippen LogP contribution in [0.3, 0.4) is 0 Å². The number of benzene rings is 1. The summed E-state index contributed by atoms with van der Waals surface area (Å²) in [5.74, 6) is 6.61. The summed E-state index contributed by atoms with van der Waals surface area (Å²) >= 11 is 6.20. The molecule has 3 rings (SSSR count). The molecule has 6 heteroatoms. The lowest BCUT2D eigenvalue weighted by molar-refractivity contribution is 0.520. The summed E-state index contributed by atoms with van der Waals surface area (Å²) in [5, 5.41) is 0.596. The van der Waals surface area contributed by atoms with Crippen molar-refractivity contribution in [2.75, 3.05) is 0 Å². The summed E-state index contributed by atoms with van der Waals surface area (Å²) in [6, 6.07) is 11.4. The first-order valence-corrected chi connectivity index (χ1v) is 7.05. The second kappa shape index (κ2) is 5.81. The fraction of sp³-hybridized carbons (Fsp3) is 0.200. The molecule has 0 fully saturated rings. The van der Waals surface area contributed by atoms with E-state index in [1.165, 1.54) is 0 Å². The van der Waals surface area contributed by atoms with E-state index in [2.05, 4.69) is 20.0 Å². The highest BCUT2D eigenvalue weighted by molar-refractivity contribution is 6.31. The van der Waals surface area contributed by atoms with Gasteiger partial charge in [-0.05, 0) is 24.3 Å². The standard InChI is InChI=1S/C15H16ClN5/c1-21-13-7-3-2-6-11(13)19-14(21)9-12(20-17)15-10(16)5-4-8-18-15/h2-8,12,20H,9,17H2,1H3. The molecule has 1 unspecified atom stereocenters. The number of aromatic nitrogens is 3. The number of rotatable bonds is 4. The average Bonchev–Trinajstić information content (AvgIpc) is 2.82. The maximum atomic E-state index is 6.20. The molecule has 1 atom stereocenters. The van der Waals surface area contributed by atoms with Crippen LogP contribution >= 0.6 is 11.6 Å². The van der Waals surface area contributed by atoms with Gasteiger partial charge in [0.1, 0.15) is 5.82 Å². The van der Waals surface area contributed by atoms with E-state index < -0.39 is 0 Å². The van der Waals surface area contributed by atoms with E-state index in [1.54, 1.807) is 12.3 Å². The molecule has 0 aliphatic carbocycles. The van der Waals surface area contributed by atoms with E-state index in [4.69, 9.17) is 17.4 Å². The van der Waals surface area contributed by atoms with Gasteiger partial charge in [0.05, 0.1) is 27.8 Å². The number of hydrogen-bond donors (Lipinski definition) is 2. The predicted octanol–water partition coefficient (Wildman–Crippen LogP) is 2.37. The summed E-state index contributed by atoms with van der Waals surface area (Å²) in [5.41, 5.74) is 5.57. The number of nitrogens with one attached hydrogen (secondary N) is 1. The molecule has 2 heterocycles. The fourth-order valence-corrected chi connectivity index (χ4v) is 2.70. The van der Waals surface area contributed by atoms with Crippen molar-refractivity contribution >= 4 is 22.6 Å². The Kier molecular flexibility index (Phi) is 3.88. The first-order valence-electron chi connectivity index (χ1n) is 6.67. The Morgan fingerprint density at radius 2 is 2.10 bits per heavy atom. The van der Waals surface area contributed by atoms with Gasteiger partial charge in [0, 0.05) is 19.7 Å². The van der Waals surface area contributed by atoms with Crippen LogP contribution < -0.4 is 11.3 Å². The Morgan fingerprint density at radius 3 is 2.81 bits per heavy atom. The highest BCUT2D eigenvalue weighted by Crippen LogP contribution is 2.24. The Hall–Kier alpha value is -1.95. The van der Waals surface area contributed by atoms with Crippen molar-refractivity contribution in [3.05, 3.63) is 59.1 Å². The molecule has 1 aromatic carbocycles. The first-order chi connectivity index (χ1) is 10.2. The SMILES string of the molecule is Cn1c(CC(NN)c2ncccc2Cl)nc2ccccc21. The molecule has 3 aromatic rings. The Balaban J connectivity index is 1.96. The molecule has 0 amide bonds. The third-order valence-electron chi connectivity index (χ3n) is 3.58. The van der Waals surface area contributed by atoms with E-state index in [9.17, 15) is 0 Å². The summed E-state index contributed by atoms with van der Waals surface area (Å²) < 4.78 is 2.07. The molecular formula is C15H16ClN5. The molecule has 0 radical (unpaired) electrons. The number of para-hydroxylation sites is 2. The van der Waals surface area contributed by atoms with E-state index in [0.717, 1.165) is 22.6 Å². The van der Waals surface area contributed by atoms with Gasteiger partial charge in [-0.3, -0.25) is 16.3 Å². The average molecular weight is 302 g/mol. The topological polar surface area (TPSA) is 68.8 Å². The summed E-state index contributed by atoms with van der Waals surface area (Å²) in [6.45, 7) is 0. The first kappa shape index (κ1) is 14.0. The van der Waals surface area contributed by atoms with Crippen molar-refractivity contribution in [1.82, 2.24) is 20.0 Å². The molecular weight excluding hydrogens is 286 g/mol. The number of halogens is 1. The molecule has 2 aromatic heterocycles. The van der Waals surface area contributed by atoms with Gasteiger partial charge in [-0.25, -0.2) is 4.98 Å². The summed E-state index contributed by atoms with van der Waals surface area (Å²) in [7, 11) is 2.00. The van der Waals surface area contributed by atoms with E-state index in [-0.39, 0.29) is 6.04 Å². The summed E-state index contributed by atoms with van der Waals surface area (Å²) in [4.78, 5) is 8.97. The number of nitrogens with zero attached hydrogens (tertiary/aromatic N) is 3. The van der Waals surface area contributed by atoms with E-state index in [1.807, 2.05) is 37.4 Å². The van der Waals surface area contributed by atoms with Crippen LogP contribution in [0.15, 0.2) is 42.6 Å². The lowest BCUT2D eigenvalue weighted by Crippen LogP contribution is -2.31. The predicted molar refractivity (Wildman–Crippen MR) is 83.7 cm³/mol. The minimum atomic E-state index is -0.186. The zero-order chi connectivity index (χ0) is 14.8. The highest BCUT2D eigenvalue weighted by Gasteiger charge is 2.18. The van der Waals surface area contributed by atoms with Gasteiger partial charge < -0.3 is 4.57 Å². The molecule has 0 aliphatic rings. The molecule has 5 nitrogen and oxygen atoms in total. The zero-order valence-electron chi connectivity index (χ0n) is 11.6. The minimum Gasteiger partial charge on any atom is -0.331 e.